The Kier molecular flexibility index (Phi) is 5.19. The molecule has 1 unspecified atom stereocenters. The molecule has 1 heterocycles. The largest absolute Gasteiger partial charge is 0.349 e. The molecule has 0 spiro atoms. The first kappa shape index (κ1) is 17.0. The maximum Gasteiger partial charge on any atom is 0.227 e. The molecule has 1 aromatic rings. The van der Waals surface area contributed by atoms with Crippen LogP contribution in [0.2, 0.25) is 0 Å². The van der Waals surface area contributed by atoms with Gasteiger partial charge in [-0.25, -0.2) is 0 Å². The summed E-state index contributed by atoms with van der Waals surface area (Å²) in [5.74, 6) is 0.644. The van der Waals surface area contributed by atoms with Crippen LogP contribution < -0.4 is 16.0 Å². The summed E-state index contributed by atoms with van der Waals surface area (Å²) in [6.07, 6.45) is 4.61. The Hall–Kier alpha value is -1.88. The van der Waals surface area contributed by atoms with Crippen LogP contribution in [0.25, 0.3) is 0 Å². The van der Waals surface area contributed by atoms with E-state index in [0.29, 0.717) is 18.9 Å². The van der Waals surface area contributed by atoms with Crippen LogP contribution >= 0.6 is 0 Å². The lowest BCUT2D eigenvalue weighted by Crippen LogP contribution is -2.36. The van der Waals surface area contributed by atoms with Crippen LogP contribution in [0, 0.1) is 11.8 Å². The van der Waals surface area contributed by atoms with Crippen molar-refractivity contribution in [2.24, 2.45) is 17.6 Å². The zero-order valence-corrected chi connectivity index (χ0v) is 14.3. The van der Waals surface area contributed by atoms with E-state index in [-0.39, 0.29) is 23.8 Å². The lowest BCUT2D eigenvalue weighted by atomic mass is 9.94. The Morgan fingerprint density at radius 2 is 2.21 bits per heavy atom. The second-order valence-electron chi connectivity index (χ2n) is 7.01. The third-order valence-corrected chi connectivity index (χ3v) is 5.41. The quantitative estimate of drug-likeness (QED) is 0.871. The van der Waals surface area contributed by atoms with Gasteiger partial charge < -0.3 is 16.0 Å². The summed E-state index contributed by atoms with van der Waals surface area (Å²) in [4.78, 5) is 26.3. The standard InChI is InChI=1S/C19H27N3O2/c1-13(21-19(24)17-8-3-6-15(17)12-20)14-5-2-7-16(11-14)22-10-4-9-18(22)23/h2,5,7,11,13,15,17H,3-4,6,8-10,12,20H2,1H3,(H,21,24)/t13?,15-,17-/m1/s1. The summed E-state index contributed by atoms with van der Waals surface area (Å²) >= 11 is 0. The molecule has 1 aliphatic carbocycles. The fraction of sp³-hybridized carbons (Fsp3) is 0.579. The van der Waals surface area contributed by atoms with Gasteiger partial charge in [0.2, 0.25) is 11.8 Å². The van der Waals surface area contributed by atoms with Crippen LogP contribution in [0.3, 0.4) is 0 Å². The lowest BCUT2D eigenvalue weighted by Gasteiger charge is -2.22. The molecular weight excluding hydrogens is 302 g/mol. The molecule has 24 heavy (non-hydrogen) atoms. The van der Waals surface area contributed by atoms with Crippen LogP contribution in [0.15, 0.2) is 24.3 Å². The topological polar surface area (TPSA) is 75.4 Å². The van der Waals surface area contributed by atoms with E-state index in [1.165, 1.54) is 0 Å². The minimum Gasteiger partial charge on any atom is -0.349 e. The first-order valence-electron chi connectivity index (χ1n) is 9.01. The highest BCUT2D eigenvalue weighted by Crippen LogP contribution is 2.32. The van der Waals surface area contributed by atoms with E-state index < -0.39 is 0 Å². The van der Waals surface area contributed by atoms with Crippen molar-refractivity contribution in [1.82, 2.24) is 5.32 Å². The summed E-state index contributed by atoms with van der Waals surface area (Å²) in [6.45, 7) is 3.36. The van der Waals surface area contributed by atoms with Gasteiger partial charge in [-0.05, 0) is 56.3 Å². The van der Waals surface area contributed by atoms with Crippen molar-refractivity contribution in [1.29, 1.82) is 0 Å². The normalized spacial score (nSPS) is 25.1. The molecule has 1 aromatic carbocycles. The van der Waals surface area contributed by atoms with E-state index in [0.717, 1.165) is 43.5 Å². The SMILES string of the molecule is CC(NC(=O)[C@@H]1CCC[C@@H]1CN)c1cccc(N2CCCC2=O)c1. The number of nitrogens with one attached hydrogen (secondary N) is 1. The van der Waals surface area contributed by atoms with Crippen molar-refractivity contribution in [3.05, 3.63) is 29.8 Å². The van der Waals surface area contributed by atoms with Gasteiger partial charge in [0.1, 0.15) is 0 Å². The highest BCUT2D eigenvalue weighted by atomic mass is 16.2. The molecule has 0 bridgehead atoms. The first-order valence-corrected chi connectivity index (χ1v) is 9.01. The molecule has 5 nitrogen and oxygen atoms in total. The zero-order valence-electron chi connectivity index (χ0n) is 14.3. The Morgan fingerprint density at radius 3 is 2.92 bits per heavy atom. The average molecular weight is 329 g/mol. The number of rotatable bonds is 5. The molecule has 1 saturated carbocycles. The molecule has 2 fully saturated rings. The van der Waals surface area contributed by atoms with Gasteiger partial charge in [-0.2, -0.15) is 0 Å². The predicted octanol–water partition coefficient (Wildman–Crippen LogP) is 2.37. The van der Waals surface area contributed by atoms with Crippen molar-refractivity contribution in [3.8, 4) is 0 Å². The Labute approximate surface area is 143 Å². The average Bonchev–Trinajstić information content (AvgIpc) is 3.23. The number of carbonyl (C=O) groups excluding carboxylic acids is 2. The third kappa shape index (κ3) is 3.46. The summed E-state index contributed by atoms with van der Waals surface area (Å²) in [5, 5.41) is 3.13. The number of amides is 2. The van der Waals surface area contributed by atoms with Crippen molar-refractivity contribution >= 4 is 17.5 Å². The van der Waals surface area contributed by atoms with Gasteiger partial charge in [-0.1, -0.05) is 18.6 Å². The first-order chi connectivity index (χ1) is 11.6. The number of hydrogen-bond donors (Lipinski definition) is 2. The maximum absolute atomic E-state index is 12.6. The van der Waals surface area contributed by atoms with Crippen molar-refractivity contribution < 1.29 is 9.59 Å². The van der Waals surface area contributed by atoms with E-state index in [9.17, 15) is 9.59 Å². The van der Waals surface area contributed by atoms with Gasteiger partial charge in [0.15, 0.2) is 0 Å². The van der Waals surface area contributed by atoms with Gasteiger partial charge >= 0.3 is 0 Å². The highest BCUT2D eigenvalue weighted by Gasteiger charge is 2.32. The lowest BCUT2D eigenvalue weighted by molar-refractivity contribution is -0.126. The fourth-order valence-corrected chi connectivity index (χ4v) is 3.95. The minimum atomic E-state index is -0.0748. The van der Waals surface area contributed by atoms with E-state index in [1.54, 1.807) is 0 Å². The van der Waals surface area contributed by atoms with Crippen LogP contribution in [0.4, 0.5) is 5.69 Å². The number of nitrogens with zero attached hydrogens (tertiary/aromatic N) is 1. The summed E-state index contributed by atoms with van der Waals surface area (Å²) in [5.41, 5.74) is 7.75. The summed E-state index contributed by atoms with van der Waals surface area (Å²) in [6, 6.07) is 7.86. The summed E-state index contributed by atoms with van der Waals surface area (Å²) < 4.78 is 0. The van der Waals surface area contributed by atoms with Crippen molar-refractivity contribution in [2.45, 2.75) is 45.1 Å². The van der Waals surface area contributed by atoms with E-state index >= 15 is 0 Å². The molecule has 2 amide bonds. The van der Waals surface area contributed by atoms with Gasteiger partial charge in [0, 0.05) is 24.6 Å². The molecule has 1 saturated heterocycles. The third-order valence-electron chi connectivity index (χ3n) is 5.41. The molecule has 0 radical (unpaired) electrons. The van der Waals surface area contributed by atoms with Gasteiger partial charge in [0.05, 0.1) is 6.04 Å². The second kappa shape index (κ2) is 7.34. The monoisotopic (exact) mass is 329 g/mol. The predicted molar refractivity (Wildman–Crippen MR) is 94.5 cm³/mol. The Balaban J connectivity index is 1.67. The number of hydrogen-bond acceptors (Lipinski definition) is 3. The molecule has 2 aliphatic rings. The molecule has 0 aromatic heterocycles. The van der Waals surface area contributed by atoms with Crippen LogP contribution in [-0.4, -0.2) is 24.9 Å². The second-order valence-corrected chi connectivity index (χ2v) is 7.01. The van der Waals surface area contributed by atoms with Gasteiger partial charge in [-0.3, -0.25) is 9.59 Å². The zero-order chi connectivity index (χ0) is 17.1. The fourth-order valence-electron chi connectivity index (χ4n) is 3.95. The van der Waals surface area contributed by atoms with Crippen molar-refractivity contribution in [3.63, 3.8) is 0 Å². The van der Waals surface area contributed by atoms with Crippen LogP contribution in [0.1, 0.15) is 50.6 Å². The maximum atomic E-state index is 12.6. The van der Waals surface area contributed by atoms with E-state index in [2.05, 4.69) is 5.32 Å². The molecule has 3 N–H and O–H groups in total. The van der Waals surface area contributed by atoms with E-state index in [4.69, 9.17) is 5.73 Å². The molecule has 5 heteroatoms. The molecule has 1 aliphatic heterocycles. The number of anilines is 1. The molecule has 130 valence electrons. The van der Waals surface area contributed by atoms with E-state index in [1.807, 2.05) is 36.1 Å². The molecule has 3 rings (SSSR count). The number of carbonyl (C=O) groups is 2. The van der Waals surface area contributed by atoms with Crippen LogP contribution in [0.5, 0.6) is 0 Å². The van der Waals surface area contributed by atoms with Gasteiger partial charge in [0.25, 0.3) is 0 Å². The Morgan fingerprint density at radius 1 is 1.38 bits per heavy atom. The minimum absolute atomic E-state index is 0.0424. The summed E-state index contributed by atoms with van der Waals surface area (Å²) in [7, 11) is 0. The smallest absolute Gasteiger partial charge is 0.227 e. The Bertz CT molecular complexity index is 616. The molecular formula is C19H27N3O2. The van der Waals surface area contributed by atoms with Crippen LogP contribution in [-0.2, 0) is 9.59 Å². The molecule has 3 atom stereocenters. The van der Waals surface area contributed by atoms with Gasteiger partial charge in [-0.15, -0.1) is 0 Å². The number of benzene rings is 1. The van der Waals surface area contributed by atoms with Crippen molar-refractivity contribution in [2.75, 3.05) is 18.0 Å². The highest BCUT2D eigenvalue weighted by molar-refractivity contribution is 5.95. The number of nitrogens with two attached hydrogens (primary N) is 1.